The van der Waals surface area contributed by atoms with Gasteiger partial charge in [-0.05, 0) is 0 Å². The number of rotatable bonds is 0. The van der Waals surface area contributed by atoms with Crippen molar-refractivity contribution in [2.45, 2.75) is 62.8 Å². The molecule has 90 valence electrons. The van der Waals surface area contributed by atoms with E-state index in [0.717, 1.165) is 0 Å². The first-order valence-corrected chi connectivity index (χ1v) is 23.2. The molecule has 0 nitrogen and oxygen atoms in total. The lowest BCUT2D eigenvalue weighted by Gasteiger charge is -2.46. The van der Waals surface area contributed by atoms with Gasteiger partial charge in [-0.1, -0.05) is 62.8 Å². The molecule has 0 radical (unpaired) electrons. The average molecular weight is 291 g/mol. The van der Waals surface area contributed by atoms with E-state index in [0.29, 0.717) is 0 Å². The van der Waals surface area contributed by atoms with E-state index < -0.39 is 14.7 Å². The van der Waals surface area contributed by atoms with E-state index in [1.807, 2.05) is 5.67 Å². The van der Waals surface area contributed by atoms with Crippen LogP contribution in [0.5, 0.6) is 0 Å². The first-order valence-electron chi connectivity index (χ1n) is 6.67. The summed E-state index contributed by atoms with van der Waals surface area (Å²) in [6.07, 6.45) is 0. The standard InChI is InChI=1S/C10H30Si5/c1-11-8-12(2)10-14(4,5)15(6,7)13(3)9-11/h11-13H,8-10H2,1-7H3. The molecule has 1 saturated heterocycles. The first kappa shape index (κ1) is 14.1. The van der Waals surface area contributed by atoms with Crippen LogP contribution in [0.3, 0.4) is 0 Å². The van der Waals surface area contributed by atoms with Crippen molar-refractivity contribution >= 4 is 40.6 Å². The van der Waals surface area contributed by atoms with Crippen molar-refractivity contribution in [3.8, 4) is 0 Å². The molecule has 1 aliphatic heterocycles. The van der Waals surface area contributed by atoms with Crippen molar-refractivity contribution in [1.29, 1.82) is 0 Å². The molecule has 0 aromatic carbocycles. The van der Waals surface area contributed by atoms with Crippen LogP contribution in [0.15, 0.2) is 0 Å². The molecule has 1 fully saturated rings. The zero-order chi connectivity index (χ0) is 11.9. The summed E-state index contributed by atoms with van der Waals surface area (Å²) < 4.78 is 0. The predicted octanol–water partition coefficient (Wildman–Crippen LogP) is 2.76. The molecule has 1 aliphatic rings. The van der Waals surface area contributed by atoms with E-state index in [4.69, 9.17) is 0 Å². The van der Waals surface area contributed by atoms with Gasteiger partial charge in [-0.25, -0.2) is 0 Å². The Hall–Kier alpha value is 1.08. The molecule has 3 unspecified atom stereocenters. The highest BCUT2D eigenvalue weighted by Crippen LogP contribution is 2.32. The number of hydrogen-bond acceptors (Lipinski definition) is 0. The first-order chi connectivity index (χ1) is 6.67. The maximum absolute atomic E-state index is 2.78. The summed E-state index contributed by atoms with van der Waals surface area (Å²) in [5, 5.41) is 0. The van der Waals surface area contributed by atoms with E-state index in [9.17, 15) is 0 Å². The van der Waals surface area contributed by atoms with Gasteiger partial charge in [0.15, 0.2) is 0 Å². The zero-order valence-corrected chi connectivity index (χ0v) is 17.3. The molecule has 0 aromatic rings. The third kappa shape index (κ3) is 3.05. The summed E-state index contributed by atoms with van der Waals surface area (Å²) in [5.41, 5.74) is 5.39. The molecule has 0 spiro atoms. The largest absolute Gasteiger partial charge is 0.0743 e. The summed E-state index contributed by atoms with van der Waals surface area (Å²) in [6, 6.07) is 0. The molecule has 1 heterocycles. The van der Waals surface area contributed by atoms with Gasteiger partial charge in [-0.15, -0.1) is 0 Å². The second-order valence-corrected chi connectivity index (χ2v) is 43.2. The van der Waals surface area contributed by atoms with Gasteiger partial charge in [0.05, 0.1) is 0 Å². The van der Waals surface area contributed by atoms with Crippen LogP contribution in [0, 0.1) is 0 Å². The van der Waals surface area contributed by atoms with E-state index in [2.05, 4.69) is 45.8 Å². The van der Waals surface area contributed by atoms with Crippen molar-refractivity contribution in [1.82, 2.24) is 0 Å². The Kier molecular flexibility index (Phi) is 4.48. The van der Waals surface area contributed by atoms with Crippen LogP contribution in [0.1, 0.15) is 0 Å². The fourth-order valence-corrected chi connectivity index (χ4v) is 70.5. The van der Waals surface area contributed by atoms with Crippen molar-refractivity contribution in [3.63, 3.8) is 0 Å². The smallest absolute Gasteiger partial charge is 0.0355 e. The zero-order valence-electron chi connectivity index (χ0n) is 11.9. The van der Waals surface area contributed by atoms with Crippen molar-refractivity contribution in [2.75, 3.05) is 0 Å². The maximum Gasteiger partial charge on any atom is 0.0355 e. The number of hydrogen-bond donors (Lipinski definition) is 0. The van der Waals surface area contributed by atoms with Gasteiger partial charge in [0, 0.05) is 40.6 Å². The highest BCUT2D eigenvalue weighted by Gasteiger charge is 2.47. The van der Waals surface area contributed by atoms with Crippen molar-refractivity contribution in [2.24, 2.45) is 0 Å². The Morgan fingerprint density at radius 3 is 1.87 bits per heavy atom. The van der Waals surface area contributed by atoms with Crippen LogP contribution >= 0.6 is 0 Å². The van der Waals surface area contributed by atoms with Gasteiger partial charge in [0.1, 0.15) is 0 Å². The monoisotopic (exact) mass is 290 g/mol. The summed E-state index contributed by atoms with van der Waals surface area (Å²) in [5.74, 6) is 0. The second kappa shape index (κ2) is 4.76. The van der Waals surface area contributed by atoms with Gasteiger partial charge >= 0.3 is 0 Å². The average Bonchev–Trinajstić information content (AvgIpc) is 1.99. The van der Waals surface area contributed by atoms with Crippen molar-refractivity contribution in [3.05, 3.63) is 0 Å². The summed E-state index contributed by atoms with van der Waals surface area (Å²) in [6.45, 7) is 19.2. The summed E-state index contributed by atoms with van der Waals surface area (Å²) >= 11 is 0. The Bertz CT molecular complexity index is 226. The molecular weight excluding hydrogens is 261 g/mol. The highest BCUT2D eigenvalue weighted by atomic mass is 29.6. The van der Waals surface area contributed by atoms with Crippen LogP contribution < -0.4 is 0 Å². The Labute approximate surface area is 103 Å². The van der Waals surface area contributed by atoms with Gasteiger partial charge in [0.25, 0.3) is 0 Å². The normalized spacial score (nSPS) is 40.6. The molecule has 0 amide bonds. The van der Waals surface area contributed by atoms with Gasteiger partial charge in [-0.2, -0.15) is 0 Å². The minimum absolute atomic E-state index is 0.244. The fraction of sp³-hybridized carbons (Fsp3) is 1.00. The van der Waals surface area contributed by atoms with Crippen LogP contribution in [0.2, 0.25) is 62.8 Å². The quantitative estimate of drug-likeness (QED) is 0.602. The third-order valence-electron chi connectivity index (χ3n) is 5.40. The summed E-state index contributed by atoms with van der Waals surface area (Å²) in [7, 11) is -2.34. The molecular formula is C10H30Si5. The third-order valence-corrected chi connectivity index (χ3v) is 64.0. The lowest BCUT2D eigenvalue weighted by Crippen LogP contribution is -2.66. The maximum atomic E-state index is 2.78. The minimum atomic E-state index is -0.772. The van der Waals surface area contributed by atoms with E-state index >= 15 is 0 Å². The molecule has 0 aliphatic carbocycles. The molecule has 1 rings (SSSR count). The van der Waals surface area contributed by atoms with Crippen LogP contribution in [0.25, 0.3) is 0 Å². The predicted molar refractivity (Wildman–Crippen MR) is 88.4 cm³/mol. The van der Waals surface area contributed by atoms with E-state index in [-0.39, 0.29) is 25.9 Å². The van der Waals surface area contributed by atoms with E-state index in [1.54, 1.807) is 11.3 Å². The van der Waals surface area contributed by atoms with Crippen LogP contribution in [0.4, 0.5) is 0 Å². The molecule has 15 heavy (non-hydrogen) atoms. The molecule has 5 heteroatoms. The molecule has 0 saturated carbocycles. The van der Waals surface area contributed by atoms with Gasteiger partial charge in [0.2, 0.25) is 0 Å². The summed E-state index contributed by atoms with van der Waals surface area (Å²) in [4.78, 5) is 0. The molecule has 3 atom stereocenters. The Balaban J connectivity index is 2.92. The highest BCUT2D eigenvalue weighted by molar-refractivity contribution is 7.65. The molecule has 0 bridgehead atoms. The SMILES string of the molecule is C[SiH]1C[SiH](C)C[Si](C)(C)[Si](C)(C)[SiH](C)C1. The Morgan fingerprint density at radius 1 is 0.800 bits per heavy atom. The van der Waals surface area contributed by atoms with Crippen LogP contribution in [-0.4, -0.2) is 40.6 Å². The lowest BCUT2D eigenvalue weighted by atomic mass is 11.7. The molecule has 0 N–H and O–H groups in total. The second-order valence-electron chi connectivity index (χ2n) is 7.39. The molecule has 0 aromatic heterocycles. The van der Waals surface area contributed by atoms with E-state index in [1.165, 1.54) is 0 Å². The fourth-order valence-electron chi connectivity index (χ4n) is 3.57. The lowest BCUT2D eigenvalue weighted by molar-refractivity contribution is 1.55. The topological polar surface area (TPSA) is 0 Å². The van der Waals surface area contributed by atoms with Gasteiger partial charge < -0.3 is 0 Å². The van der Waals surface area contributed by atoms with Crippen LogP contribution in [-0.2, 0) is 0 Å². The van der Waals surface area contributed by atoms with Gasteiger partial charge in [-0.3, -0.25) is 0 Å². The van der Waals surface area contributed by atoms with Crippen molar-refractivity contribution < 1.29 is 0 Å². The minimum Gasteiger partial charge on any atom is -0.0743 e. The Morgan fingerprint density at radius 2 is 1.33 bits per heavy atom.